The second-order valence-electron chi connectivity index (χ2n) is 3.60. The van der Waals surface area contributed by atoms with Gasteiger partial charge in [-0.2, -0.15) is 13.2 Å². The van der Waals surface area contributed by atoms with E-state index in [0.29, 0.717) is 0 Å². The van der Waals surface area contributed by atoms with Crippen molar-refractivity contribution >= 4 is 11.9 Å². The summed E-state index contributed by atoms with van der Waals surface area (Å²) in [5, 5.41) is 10.4. The molecular formula is C11H10F3NO3. The molecule has 1 aromatic rings. The number of nitrogens with one attached hydrogen (secondary N) is 1. The first-order valence-corrected chi connectivity index (χ1v) is 4.86. The van der Waals surface area contributed by atoms with Crippen LogP contribution in [0.3, 0.4) is 0 Å². The highest BCUT2D eigenvalue weighted by molar-refractivity contribution is 5.88. The SMILES string of the molecule is CC(=O)NC(C(=O)O)(c1ccccc1)C(F)(F)F. The number of amides is 1. The average molecular weight is 261 g/mol. The third-order valence-corrected chi connectivity index (χ3v) is 2.32. The number of alkyl halides is 3. The highest BCUT2D eigenvalue weighted by Crippen LogP contribution is 2.39. The molecule has 0 radical (unpaired) electrons. The molecule has 0 aliphatic carbocycles. The van der Waals surface area contributed by atoms with Crippen molar-refractivity contribution < 1.29 is 27.9 Å². The lowest BCUT2D eigenvalue weighted by molar-refractivity contribution is -0.214. The number of benzene rings is 1. The lowest BCUT2D eigenvalue weighted by Gasteiger charge is -2.32. The molecule has 4 nitrogen and oxygen atoms in total. The molecule has 7 heteroatoms. The standard InChI is InChI=1S/C11H10F3NO3/c1-7(16)15-10(9(17)18,11(12,13)14)8-5-3-2-4-6-8/h2-6H,1H3,(H,15,16)(H,17,18). The predicted octanol–water partition coefficient (Wildman–Crippen LogP) is 1.66. The van der Waals surface area contributed by atoms with Gasteiger partial charge in [0, 0.05) is 6.92 Å². The van der Waals surface area contributed by atoms with E-state index >= 15 is 0 Å². The van der Waals surface area contributed by atoms with Crippen molar-refractivity contribution in [3.8, 4) is 0 Å². The Morgan fingerprint density at radius 1 is 1.17 bits per heavy atom. The summed E-state index contributed by atoms with van der Waals surface area (Å²) in [4.78, 5) is 22.0. The zero-order valence-corrected chi connectivity index (χ0v) is 9.28. The zero-order chi connectivity index (χ0) is 14.0. The van der Waals surface area contributed by atoms with Crippen molar-refractivity contribution in [3.63, 3.8) is 0 Å². The van der Waals surface area contributed by atoms with E-state index in [1.54, 1.807) is 0 Å². The Balaban J connectivity index is 3.49. The van der Waals surface area contributed by atoms with E-state index in [9.17, 15) is 22.8 Å². The molecule has 18 heavy (non-hydrogen) atoms. The van der Waals surface area contributed by atoms with Crippen LogP contribution >= 0.6 is 0 Å². The first kappa shape index (κ1) is 14.0. The van der Waals surface area contributed by atoms with Gasteiger partial charge >= 0.3 is 12.1 Å². The van der Waals surface area contributed by atoms with Crippen LogP contribution < -0.4 is 5.32 Å². The molecule has 0 aliphatic rings. The Kier molecular flexibility index (Phi) is 3.64. The summed E-state index contributed by atoms with van der Waals surface area (Å²) in [6.07, 6.45) is -5.16. The van der Waals surface area contributed by atoms with Crippen molar-refractivity contribution in [1.82, 2.24) is 5.32 Å². The summed E-state index contributed by atoms with van der Waals surface area (Å²) in [6.45, 7) is 0.826. The topological polar surface area (TPSA) is 66.4 Å². The van der Waals surface area contributed by atoms with E-state index in [0.717, 1.165) is 19.1 Å². The van der Waals surface area contributed by atoms with Gasteiger partial charge in [-0.3, -0.25) is 4.79 Å². The quantitative estimate of drug-likeness (QED) is 0.869. The largest absolute Gasteiger partial charge is 0.479 e. The molecule has 1 aromatic carbocycles. The highest BCUT2D eigenvalue weighted by atomic mass is 19.4. The Morgan fingerprint density at radius 3 is 2.00 bits per heavy atom. The van der Waals surface area contributed by atoms with Gasteiger partial charge in [-0.1, -0.05) is 30.3 Å². The lowest BCUT2D eigenvalue weighted by atomic mass is 9.89. The molecule has 2 N–H and O–H groups in total. The number of carboxylic acid groups (broad SMARTS) is 1. The molecule has 1 atom stereocenters. The highest BCUT2D eigenvalue weighted by Gasteiger charge is 2.63. The molecule has 0 fully saturated rings. The Morgan fingerprint density at radius 2 is 1.67 bits per heavy atom. The molecule has 1 rings (SSSR count). The fourth-order valence-corrected chi connectivity index (χ4v) is 1.56. The third kappa shape index (κ3) is 2.29. The number of hydrogen-bond donors (Lipinski definition) is 2. The lowest BCUT2D eigenvalue weighted by Crippen LogP contribution is -2.60. The van der Waals surface area contributed by atoms with Crippen molar-refractivity contribution in [3.05, 3.63) is 35.9 Å². The van der Waals surface area contributed by atoms with Crippen LogP contribution in [0.25, 0.3) is 0 Å². The van der Waals surface area contributed by atoms with Gasteiger partial charge in [0.2, 0.25) is 5.91 Å². The van der Waals surface area contributed by atoms with E-state index in [2.05, 4.69) is 0 Å². The summed E-state index contributed by atoms with van der Waals surface area (Å²) < 4.78 is 39.2. The van der Waals surface area contributed by atoms with Crippen molar-refractivity contribution in [2.75, 3.05) is 0 Å². The van der Waals surface area contributed by atoms with Crippen molar-refractivity contribution in [2.45, 2.75) is 18.6 Å². The van der Waals surface area contributed by atoms with Crippen LogP contribution in [0.5, 0.6) is 0 Å². The van der Waals surface area contributed by atoms with Gasteiger partial charge < -0.3 is 10.4 Å². The molecule has 0 saturated carbocycles. The number of carbonyl (C=O) groups excluding carboxylic acids is 1. The Labute approximate surface area is 100 Å². The van der Waals surface area contributed by atoms with E-state index in [-0.39, 0.29) is 0 Å². The molecule has 0 aliphatic heterocycles. The summed E-state index contributed by atoms with van der Waals surface area (Å²) >= 11 is 0. The van der Waals surface area contributed by atoms with Gasteiger partial charge in [0.15, 0.2) is 0 Å². The van der Waals surface area contributed by atoms with Gasteiger partial charge in [0.25, 0.3) is 5.54 Å². The number of hydrogen-bond acceptors (Lipinski definition) is 2. The molecule has 1 amide bonds. The molecule has 0 heterocycles. The first-order valence-electron chi connectivity index (χ1n) is 4.86. The van der Waals surface area contributed by atoms with Crippen LogP contribution in [-0.4, -0.2) is 23.2 Å². The van der Waals surface area contributed by atoms with Gasteiger partial charge in [0.1, 0.15) is 0 Å². The van der Waals surface area contributed by atoms with Gasteiger partial charge in [-0.25, -0.2) is 4.79 Å². The van der Waals surface area contributed by atoms with E-state index in [4.69, 9.17) is 5.11 Å². The Hall–Kier alpha value is -2.05. The van der Waals surface area contributed by atoms with Gasteiger partial charge in [-0.15, -0.1) is 0 Å². The van der Waals surface area contributed by atoms with E-state index in [1.165, 1.54) is 23.5 Å². The van der Waals surface area contributed by atoms with Crippen LogP contribution in [0.1, 0.15) is 12.5 Å². The van der Waals surface area contributed by atoms with Crippen LogP contribution in [0, 0.1) is 0 Å². The van der Waals surface area contributed by atoms with Gasteiger partial charge in [0.05, 0.1) is 0 Å². The van der Waals surface area contributed by atoms with E-state index in [1.807, 2.05) is 0 Å². The second kappa shape index (κ2) is 4.67. The monoisotopic (exact) mass is 261 g/mol. The molecule has 0 spiro atoms. The van der Waals surface area contributed by atoms with Crippen molar-refractivity contribution in [2.24, 2.45) is 0 Å². The summed E-state index contributed by atoms with van der Waals surface area (Å²) in [5.41, 5.74) is -3.99. The van der Waals surface area contributed by atoms with Crippen LogP contribution in [-0.2, 0) is 15.1 Å². The summed E-state index contributed by atoms with van der Waals surface area (Å²) in [7, 11) is 0. The van der Waals surface area contributed by atoms with Crippen molar-refractivity contribution in [1.29, 1.82) is 0 Å². The molecule has 0 saturated heterocycles. The number of carboxylic acids is 1. The smallest absolute Gasteiger partial charge is 0.426 e. The first-order chi connectivity index (χ1) is 8.22. The number of carbonyl (C=O) groups is 2. The summed E-state index contributed by atoms with van der Waals surface area (Å²) in [6, 6.07) is 5.97. The molecule has 1 unspecified atom stereocenters. The average Bonchev–Trinajstić information content (AvgIpc) is 2.24. The molecule has 98 valence electrons. The number of rotatable bonds is 3. The van der Waals surface area contributed by atoms with E-state index < -0.39 is 29.2 Å². The number of aliphatic carboxylic acids is 1. The maximum absolute atomic E-state index is 13.1. The normalized spacial score (nSPS) is 14.7. The van der Waals surface area contributed by atoms with Crippen LogP contribution in [0.4, 0.5) is 13.2 Å². The minimum atomic E-state index is -5.16. The minimum absolute atomic E-state index is 0.555. The second-order valence-corrected chi connectivity index (χ2v) is 3.60. The molecule has 0 bridgehead atoms. The van der Waals surface area contributed by atoms with Gasteiger partial charge in [-0.05, 0) is 5.56 Å². The molecular weight excluding hydrogens is 251 g/mol. The minimum Gasteiger partial charge on any atom is -0.479 e. The fourth-order valence-electron chi connectivity index (χ4n) is 1.56. The predicted molar refractivity (Wildman–Crippen MR) is 55.6 cm³/mol. The fraction of sp³-hybridized carbons (Fsp3) is 0.273. The third-order valence-electron chi connectivity index (χ3n) is 2.32. The van der Waals surface area contributed by atoms with Crippen LogP contribution in [0.2, 0.25) is 0 Å². The Bertz CT molecular complexity index is 458. The zero-order valence-electron chi connectivity index (χ0n) is 9.28. The number of halogens is 3. The molecule has 0 aromatic heterocycles. The van der Waals surface area contributed by atoms with Crippen LogP contribution in [0.15, 0.2) is 30.3 Å². The maximum Gasteiger partial charge on any atom is 0.426 e. The summed E-state index contributed by atoms with van der Waals surface area (Å²) in [5.74, 6) is -3.27. The maximum atomic E-state index is 13.1.